The lowest BCUT2D eigenvalue weighted by Gasteiger charge is -2.34. The van der Waals surface area contributed by atoms with Gasteiger partial charge in [-0.05, 0) is 31.0 Å². The predicted molar refractivity (Wildman–Crippen MR) is 105 cm³/mol. The van der Waals surface area contributed by atoms with Gasteiger partial charge in [0.05, 0.1) is 16.9 Å². The van der Waals surface area contributed by atoms with Crippen molar-refractivity contribution in [2.24, 2.45) is 0 Å². The molecule has 0 N–H and O–H groups in total. The molecule has 1 aromatic carbocycles. The molecule has 1 aliphatic carbocycles. The molecule has 0 saturated heterocycles. The number of thiazole rings is 1. The first-order valence-electron chi connectivity index (χ1n) is 9.35. The Hall–Kier alpha value is -2.41. The fourth-order valence-corrected chi connectivity index (χ4v) is 4.37. The van der Waals surface area contributed by atoms with Crippen LogP contribution in [-0.4, -0.2) is 47.9 Å². The monoisotopic (exact) mass is 385 g/mol. The number of anilines is 1. The fraction of sp³-hybridized carbons (Fsp3) is 0.450. The summed E-state index contributed by atoms with van der Waals surface area (Å²) >= 11 is 1.52. The molecule has 0 bridgehead atoms. The van der Waals surface area contributed by atoms with Crippen LogP contribution in [0.25, 0.3) is 11.3 Å². The molecule has 1 saturated carbocycles. The molecule has 2 heterocycles. The zero-order valence-corrected chi connectivity index (χ0v) is 16.2. The molecular formula is C20H23N3O3S. The van der Waals surface area contributed by atoms with E-state index in [2.05, 4.69) is 4.98 Å². The maximum absolute atomic E-state index is 12.9. The summed E-state index contributed by atoms with van der Waals surface area (Å²) in [5, 5.41) is 1.96. The predicted octanol–water partition coefficient (Wildman–Crippen LogP) is 3.33. The number of hydrogen-bond acceptors (Lipinski definition) is 5. The van der Waals surface area contributed by atoms with E-state index in [-0.39, 0.29) is 31.0 Å². The first-order chi connectivity index (χ1) is 13.1. The summed E-state index contributed by atoms with van der Waals surface area (Å²) in [7, 11) is 1.86. The van der Waals surface area contributed by atoms with E-state index in [9.17, 15) is 9.59 Å². The summed E-state index contributed by atoms with van der Waals surface area (Å²) in [6, 6.07) is 5.94. The van der Waals surface area contributed by atoms with Crippen LogP contribution in [0.5, 0.6) is 5.75 Å². The van der Waals surface area contributed by atoms with Crippen molar-refractivity contribution in [3.8, 4) is 17.0 Å². The second kappa shape index (κ2) is 7.68. The lowest BCUT2D eigenvalue weighted by Crippen LogP contribution is -2.48. The molecule has 2 aromatic rings. The van der Waals surface area contributed by atoms with E-state index in [1.807, 2.05) is 35.5 Å². The maximum atomic E-state index is 12.9. The molecule has 2 aliphatic rings. The molecule has 4 rings (SSSR count). The number of benzene rings is 1. The van der Waals surface area contributed by atoms with Crippen molar-refractivity contribution in [3.63, 3.8) is 0 Å². The van der Waals surface area contributed by atoms with Gasteiger partial charge in [0.1, 0.15) is 12.3 Å². The molecule has 6 nitrogen and oxygen atoms in total. The summed E-state index contributed by atoms with van der Waals surface area (Å²) in [6.07, 6.45) is 5.66. The number of hydrogen-bond donors (Lipinski definition) is 0. The standard InChI is InChI=1S/C20H23N3O3S/c1-22(15-5-3-2-4-6-15)19(24)10-23-17-9-14(16-12-27-13-21-16)7-8-18(17)26-11-20(23)25/h7-9,12-13,15H,2-6,10-11H2,1H3. The molecule has 1 aliphatic heterocycles. The molecule has 142 valence electrons. The Morgan fingerprint density at radius 1 is 1.33 bits per heavy atom. The second-order valence-electron chi connectivity index (χ2n) is 7.12. The van der Waals surface area contributed by atoms with Gasteiger partial charge < -0.3 is 9.64 Å². The number of fused-ring (bicyclic) bond motifs is 1. The largest absolute Gasteiger partial charge is 0.482 e. The Labute approximate surface area is 162 Å². The van der Waals surface area contributed by atoms with Crippen molar-refractivity contribution in [3.05, 3.63) is 29.1 Å². The maximum Gasteiger partial charge on any atom is 0.265 e. The lowest BCUT2D eigenvalue weighted by atomic mass is 9.94. The zero-order valence-electron chi connectivity index (χ0n) is 15.4. The Bertz CT molecular complexity index is 831. The van der Waals surface area contributed by atoms with Crippen molar-refractivity contribution in [2.75, 3.05) is 25.1 Å². The molecule has 0 spiro atoms. The van der Waals surface area contributed by atoms with Crippen LogP contribution in [-0.2, 0) is 9.59 Å². The highest BCUT2D eigenvalue weighted by Gasteiger charge is 2.30. The number of aromatic nitrogens is 1. The van der Waals surface area contributed by atoms with E-state index < -0.39 is 0 Å². The van der Waals surface area contributed by atoms with Crippen molar-refractivity contribution >= 4 is 28.8 Å². The third-order valence-corrected chi connectivity index (χ3v) is 6.03. The van der Waals surface area contributed by atoms with Crippen LogP contribution in [0.2, 0.25) is 0 Å². The highest BCUT2D eigenvalue weighted by molar-refractivity contribution is 7.07. The normalized spacial score (nSPS) is 17.4. The number of amides is 2. The number of likely N-dealkylation sites (N-methyl/N-ethyl adjacent to an activating group) is 1. The molecule has 1 fully saturated rings. The summed E-state index contributed by atoms with van der Waals surface area (Å²) in [5.41, 5.74) is 4.18. The molecule has 0 atom stereocenters. The van der Waals surface area contributed by atoms with Crippen molar-refractivity contribution < 1.29 is 14.3 Å². The minimum absolute atomic E-state index is 0.0258. The van der Waals surface area contributed by atoms with Crippen LogP contribution in [0.1, 0.15) is 32.1 Å². The molecular weight excluding hydrogens is 362 g/mol. The number of ether oxygens (including phenoxy) is 1. The minimum atomic E-state index is -0.191. The van der Waals surface area contributed by atoms with Gasteiger partial charge in [0, 0.05) is 24.0 Å². The van der Waals surface area contributed by atoms with E-state index in [1.54, 1.807) is 10.4 Å². The molecule has 1 aromatic heterocycles. The number of rotatable bonds is 4. The summed E-state index contributed by atoms with van der Waals surface area (Å²) in [5.74, 6) is 0.409. The van der Waals surface area contributed by atoms with Crippen molar-refractivity contribution in [1.29, 1.82) is 0 Å². The van der Waals surface area contributed by atoms with Crippen LogP contribution in [0, 0.1) is 0 Å². The average molecular weight is 385 g/mol. The summed E-state index contributed by atoms with van der Waals surface area (Å²) in [6.45, 7) is 0.00613. The second-order valence-corrected chi connectivity index (χ2v) is 7.84. The number of nitrogens with zero attached hydrogens (tertiary/aromatic N) is 3. The number of carbonyl (C=O) groups is 2. The van der Waals surface area contributed by atoms with Gasteiger partial charge in [0.2, 0.25) is 5.91 Å². The zero-order chi connectivity index (χ0) is 18.8. The van der Waals surface area contributed by atoms with Crippen LogP contribution in [0.3, 0.4) is 0 Å². The number of carbonyl (C=O) groups excluding carboxylic acids is 2. The third kappa shape index (κ3) is 3.69. The molecule has 0 radical (unpaired) electrons. The van der Waals surface area contributed by atoms with Crippen LogP contribution in [0.15, 0.2) is 29.1 Å². The Morgan fingerprint density at radius 2 is 2.15 bits per heavy atom. The molecule has 0 unspecified atom stereocenters. The third-order valence-electron chi connectivity index (χ3n) is 5.44. The first-order valence-corrected chi connectivity index (χ1v) is 10.3. The van der Waals surface area contributed by atoms with Gasteiger partial charge in [-0.2, -0.15) is 0 Å². The highest BCUT2D eigenvalue weighted by Crippen LogP contribution is 2.36. The van der Waals surface area contributed by atoms with E-state index in [4.69, 9.17) is 4.74 Å². The molecule has 27 heavy (non-hydrogen) atoms. The van der Waals surface area contributed by atoms with Crippen molar-refractivity contribution in [2.45, 2.75) is 38.1 Å². The first kappa shape index (κ1) is 18.0. The SMILES string of the molecule is CN(C(=O)CN1C(=O)COc2ccc(-c3cscn3)cc21)C1CCCCC1. The van der Waals surface area contributed by atoms with Gasteiger partial charge in [-0.15, -0.1) is 11.3 Å². The smallest absolute Gasteiger partial charge is 0.265 e. The Balaban J connectivity index is 1.56. The summed E-state index contributed by atoms with van der Waals surface area (Å²) in [4.78, 5) is 33.1. The van der Waals surface area contributed by atoms with Gasteiger partial charge in [-0.25, -0.2) is 4.98 Å². The lowest BCUT2D eigenvalue weighted by molar-refractivity contribution is -0.133. The van der Waals surface area contributed by atoms with Crippen LogP contribution >= 0.6 is 11.3 Å². The van der Waals surface area contributed by atoms with Crippen LogP contribution in [0.4, 0.5) is 5.69 Å². The summed E-state index contributed by atoms with van der Waals surface area (Å²) < 4.78 is 5.56. The van der Waals surface area contributed by atoms with Gasteiger partial charge in [-0.3, -0.25) is 14.5 Å². The Morgan fingerprint density at radius 3 is 2.89 bits per heavy atom. The molecule has 2 amide bonds. The topological polar surface area (TPSA) is 62.7 Å². The van der Waals surface area contributed by atoms with Gasteiger partial charge in [0.25, 0.3) is 5.91 Å². The van der Waals surface area contributed by atoms with Gasteiger partial charge in [-0.1, -0.05) is 19.3 Å². The van der Waals surface area contributed by atoms with Gasteiger partial charge >= 0.3 is 0 Å². The van der Waals surface area contributed by atoms with E-state index >= 15 is 0 Å². The average Bonchev–Trinajstić information content (AvgIpc) is 3.24. The Kier molecular flexibility index (Phi) is 5.11. The fourth-order valence-electron chi connectivity index (χ4n) is 3.81. The minimum Gasteiger partial charge on any atom is -0.482 e. The highest BCUT2D eigenvalue weighted by atomic mass is 32.1. The van der Waals surface area contributed by atoms with E-state index in [0.717, 1.165) is 24.1 Å². The molecule has 7 heteroatoms. The van der Waals surface area contributed by atoms with Gasteiger partial charge in [0.15, 0.2) is 6.61 Å². The van der Waals surface area contributed by atoms with Crippen molar-refractivity contribution in [1.82, 2.24) is 9.88 Å². The van der Waals surface area contributed by atoms with Crippen LogP contribution < -0.4 is 9.64 Å². The van der Waals surface area contributed by atoms with E-state index in [1.165, 1.54) is 30.6 Å². The quantitative estimate of drug-likeness (QED) is 0.810. The van der Waals surface area contributed by atoms with E-state index in [0.29, 0.717) is 11.4 Å².